The number of sulfonamides is 1. The van der Waals surface area contributed by atoms with Crippen LogP contribution in [-0.4, -0.2) is 41.8 Å². The lowest BCUT2D eigenvalue weighted by Gasteiger charge is -2.47. The number of halogens is 2. The molecule has 0 N–H and O–H groups in total. The van der Waals surface area contributed by atoms with E-state index in [9.17, 15) is 17.2 Å². The van der Waals surface area contributed by atoms with E-state index < -0.39 is 21.7 Å². The first kappa shape index (κ1) is 21.9. The summed E-state index contributed by atoms with van der Waals surface area (Å²) in [5.74, 6) is -0.843. The minimum Gasteiger partial charge on any atom is -0.212 e. The maximum atomic E-state index is 14.4. The minimum atomic E-state index is -3.26. The predicted octanol–water partition coefficient (Wildman–Crippen LogP) is 4.64. The molecular weight excluding hydrogens is 432 g/mol. The number of fused-ring (bicyclic) bond motifs is 5. The molecule has 1 aromatic carbocycles. The van der Waals surface area contributed by atoms with Gasteiger partial charge in [0.25, 0.3) is 0 Å². The third-order valence-electron chi connectivity index (χ3n) is 8.53. The molecule has 3 aliphatic rings. The van der Waals surface area contributed by atoms with E-state index in [2.05, 4.69) is 24.0 Å². The molecule has 0 amide bonds. The zero-order chi connectivity index (χ0) is 22.9. The highest BCUT2D eigenvalue weighted by atomic mass is 32.2. The van der Waals surface area contributed by atoms with Crippen LogP contribution >= 0.6 is 0 Å². The van der Waals surface area contributed by atoms with Crippen molar-refractivity contribution in [2.75, 3.05) is 18.8 Å². The summed E-state index contributed by atoms with van der Waals surface area (Å²) in [6.45, 7) is 7.23. The molecule has 1 saturated carbocycles. The van der Waals surface area contributed by atoms with Gasteiger partial charge < -0.3 is 0 Å². The molecule has 0 radical (unpaired) electrons. The van der Waals surface area contributed by atoms with Gasteiger partial charge in [-0.3, -0.25) is 0 Å². The number of hydrogen-bond donors (Lipinski definition) is 0. The number of piperidine rings is 1. The first-order valence-electron chi connectivity index (χ1n) is 11.4. The topological polar surface area (TPSA) is 63.2 Å². The molecule has 5 rings (SSSR count). The first-order valence-corrected chi connectivity index (χ1v) is 13.0. The zero-order valence-electron chi connectivity index (χ0n) is 18.7. The van der Waals surface area contributed by atoms with Crippen molar-refractivity contribution in [2.45, 2.75) is 57.8 Å². The molecular formula is C24H29F2N3O2S. The van der Waals surface area contributed by atoms with Crippen LogP contribution in [0.2, 0.25) is 0 Å². The molecule has 3 atom stereocenters. The Morgan fingerprint density at radius 3 is 2.56 bits per heavy atom. The van der Waals surface area contributed by atoms with Gasteiger partial charge in [-0.05, 0) is 73.6 Å². The molecule has 2 aliphatic carbocycles. The number of rotatable bonds is 4. The van der Waals surface area contributed by atoms with Crippen molar-refractivity contribution in [3.63, 3.8) is 0 Å². The lowest BCUT2D eigenvalue weighted by molar-refractivity contribution is 0.0831. The summed E-state index contributed by atoms with van der Waals surface area (Å²) in [6.07, 6.45) is 3.66. The van der Waals surface area contributed by atoms with Gasteiger partial charge in [-0.15, -0.1) is 0 Å². The molecule has 1 saturated heterocycles. The predicted molar refractivity (Wildman–Crippen MR) is 119 cm³/mol. The Kier molecular flexibility index (Phi) is 4.98. The van der Waals surface area contributed by atoms with Gasteiger partial charge in [-0.25, -0.2) is 21.5 Å². The Balaban J connectivity index is 1.60. The summed E-state index contributed by atoms with van der Waals surface area (Å²) in [6, 6.07) is 5.63. The minimum absolute atomic E-state index is 0.104. The van der Waals surface area contributed by atoms with Crippen LogP contribution in [0.3, 0.4) is 0 Å². The van der Waals surface area contributed by atoms with Crippen molar-refractivity contribution >= 4 is 10.0 Å². The Hall–Kier alpha value is -1.93. The Bertz CT molecular complexity index is 1160. The van der Waals surface area contributed by atoms with Crippen LogP contribution < -0.4 is 0 Å². The lowest BCUT2D eigenvalue weighted by Crippen LogP contribution is -2.51. The molecule has 5 nitrogen and oxygen atoms in total. The average molecular weight is 462 g/mol. The van der Waals surface area contributed by atoms with E-state index in [4.69, 9.17) is 0 Å². The highest BCUT2D eigenvalue weighted by Crippen LogP contribution is 2.70. The van der Waals surface area contributed by atoms with Crippen LogP contribution in [0, 0.1) is 23.0 Å². The fourth-order valence-electron chi connectivity index (χ4n) is 6.92. The third kappa shape index (κ3) is 2.84. The van der Waals surface area contributed by atoms with Gasteiger partial charge in [0.15, 0.2) is 0 Å². The number of hydrogen-bond acceptors (Lipinski definition) is 4. The Labute approximate surface area is 188 Å². The summed E-state index contributed by atoms with van der Waals surface area (Å²) >= 11 is 0. The molecule has 0 spiro atoms. The number of aromatic nitrogens is 2. The smallest absolute Gasteiger partial charge is 0.212 e. The van der Waals surface area contributed by atoms with Crippen molar-refractivity contribution in [3.05, 3.63) is 47.2 Å². The summed E-state index contributed by atoms with van der Waals surface area (Å²) < 4.78 is 55.7. The monoisotopic (exact) mass is 461 g/mol. The quantitative estimate of drug-likeness (QED) is 0.666. The Morgan fingerprint density at radius 2 is 1.88 bits per heavy atom. The van der Waals surface area contributed by atoms with Crippen LogP contribution in [-0.2, 0) is 15.4 Å². The van der Waals surface area contributed by atoms with Crippen LogP contribution in [0.1, 0.15) is 63.6 Å². The second-order valence-corrected chi connectivity index (χ2v) is 12.3. The zero-order valence-corrected chi connectivity index (χ0v) is 19.6. The van der Waals surface area contributed by atoms with Crippen LogP contribution in [0.15, 0.2) is 24.3 Å². The van der Waals surface area contributed by atoms with Crippen molar-refractivity contribution in [3.8, 4) is 11.3 Å². The van der Waals surface area contributed by atoms with Crippen molar-refractivity contribution < 1.29 is 17.2 Å². The molecule has 0 unspecified atom stereocenters. The molecule has 2 bridgehead atoms. The lowest BCUT2D eigenvalue weighted by atomic mass is 9.59. The van der Waals surface area contributed by atoms with Gasteiger partial charge >= 0.3 is 0 Å². The van der Waals surface area contributed by atoms with E-state index in [1.54, 1.807) is 11.2 Å². The first-order chi connectivity index (χ1) is 15.1. The number of nitrogens with zero attached hydrogens (tertiary/aromatic N) is 3. The molecule has 2 heterocycles. The van der Waals surface area contributed by atoms with Crippen molar-refractivity contribution in [2.24, 2.45) is 11.3 Å². The maximum Gasteiger partial charge on any atom is 0.213 e. The van der Waals surface area contributed by atoms with Gasteiger partial charge in [0.05, 0.1) is 22.7 Å². The molecule has 8 heteroatoms. The summed E-state index contributed by atoms with van der Waals surface area (Å²) in [5.41, 5.74) is 1.57. The fourth-order valence-corrected chi connectivity index (χ4v) is 8.10. The van der Waals surface area contributed by atoms with Gasteiger partial charge in [0.1, 0.15) is 11.6 Å². The molecule has 2 aromatic rings. The normalized spacial score (nSPS) is 29.3. The van der Waals surface area contributed by atoms with Crippen LogP contribution in [0.4, 0.5) is 8.78 Å². The van der Waals surface area contributed by atoms with Gasteiger partial charge in [-0.1, -0.05) is 19.9 Å². The highest BCUT2D eigenvalue weighted by Gasteiger charge is 2.66. The number of benzene rings is 1. The SMILES string of the molecule is CCS(=O)(=O)N1CCC[C@H]([C@@]23CC[C@@H](c4cc(-c5c(F)cccc5F)nnc42)C3(C)C)C1. The average Bonchev–Trinajstić information content (AvgIpc) is 3.15. The van der Waals surface area contributed by atoms with E-state index in [0.29, 0.717) is 13.1 Å². The van der Waals surface area contributed by atoms with Gasteiger partial charge in [0, 0.05) is 18.5 Å². The molecule has 172 valence electrons. The Morgan fingerprint density at radius 1 is 1.16 bits per heavy atom. The van der Waals surface area contributed by atoms with Gasteiger partial charge in [-0.2, -0.15) is 10.2 Å². The molecule has 2 fully saturated rings. The fraction of sp³-hybridized carbons (Fsp3) is 0.583. The van der Waals surface area contributed by atoms with E-state index in [1.165, 1.54) is 18.2 Å². The van der Waals surface area contributed by atoms with Crippen LogP contribution in [0.5, 0.6) is 0 Å². The molecule has 1 aliphatic heterocycles. The highest BCUT2D eigenvalue weighted by molar-refractivity contribution is 7.89. The summed E-state index contributed by atoms with van der Waals surface area (Å²) in [7, 11) is -3.26. The van der Waals surface area contributed by atoms with Gasteiger partial charge in [0.2, 0.25) is 10.0 Å². The molecule has 1 aromatic heterocycles. The summed E-state index contributed by atoms with van der Waals surface area (Å²) in [4.78, 5) is 0. The van der Waals surface area contributed by atoms with E-state index in [1.807, 2.05) is 6.07 Å². The van der Waals surface area contributed by atoms with E-state index in [-0.39, 0.29) is 39.7 Å². The van der Waals surface area contributed by atoms with Crippen LogP contribution in [0.25, 0.3) is 11.3 Å². The van der Waals surface area contributed by atoms with Crippen molar-refractivity contribution in [1.29, 1.82) is 0 Å². The second-order valence-electron chi connectivity index (χ2n) is 10.0. The summed E-state index contributed by atoms with van der Waals surface area (Å²) in [5, 5.41) is 8.89. The molecule has 32 heavy (non-hydrogen) atoms. The second kappa shape index (κ2) is 7.29. The van der Waals surface area contributed by atoms with E-state index in [0.717, 1.165) is 36.9 Å². The standard InChI is InChI=1S/C24H29F2N3O2S/c1-4-32(30,31)29-12-6-7-15(14-29)24-11-10-17(23(24,2)3)16-13-20(27-28-22(16)24)21-18(25)8-5-9-19(21)26/h5,8-9,13,15,17H,4,6-7,10-12,14H2,1-3H3/t15-,17-,24-/m0/s1. The third-order valence-corrected chi connectivity index (χ3v) is 10.4. The largest absolute Gasteiger partial charge is 0.213 e. The van der Waals surface area contributed by atoms with E-state index >= 15 is 0 Å². The maximum absolute atomic E-state index is 14.4. The van der Waals surface area contributed by atoms with Crippen molar-refractivity contribution in [1.82, 2.24) is 14.5 Å².